The normalized spacial score (nSPS) is 17.6. The topological polar surface area (TPSA) is 82.9 Å². The molecule has 7 rings (SSSR count). The van der Waals surface area contributed by atoms with Gasteiger partial charge in [0.15, 0.2) is 12.3 Å². The van der Waals surface area contributed by atoms with Crippen molar-refractivity contribution in [2.75, 3.05) is 50.9 Å². The molecule has 4 aromatic rings. The molecule has 0 atom stereocenters. The van der Waals surface area contributed by atoms with E-state index in [1.807, 2.05) is 6.92 Å². The van der Waals surface area contributed by atoms with E-state index in [1.165, 1.54) is 63.3 Å². The summed E-state index contributed by atoms with van der Waals surface area (Å²) in [5.41, 5.74) is 9.19. The summed E-state index contributed by atoms with van der Waals surface area (Å²) < 4.78 is 14.5. The molecule has 0 spiro atoms. The van der Waals surface area contributed by atoms with Crippen LogP contribution in [0.3, 0.4) is 0 Å². The molecule has 9 heteroatoms. The summed E-state index contributed by atoms with van der Waals surface area (Å²) in [6.45, 7) is 17.7. The molecule has 0 fully saturated rings. The number of hydrogen-bond acceptors (Lipinski definition) is 5. The Kier molecular flexibility index (Phi) is 17.2. The first kappa shape index (κ1) is 49.7. The maximum atomic E-state index is 12.8. The molecule has 4 aromatic carbocycles. The number of fused-ring (bicyclic) bond motifs is 6. The Morgan fingerprint density at radius 3 is 2.15 bits per heavy atom. The third kappa shape index (κ3) is 11.6. The monoisotopic (exact) mass is 926 g/mol. The zero-order chi connectivity index (χ0) is 47.4. The summed E-state index contributed by atoms with van der Waals surface area (Å²) in [5.74, 6) is 0.0862. The number of hydrogen-bond donors (Lipinski definition) is 2. The number of halogens is 1. The first-order valence-electron chi connectivity index (χ1n) is 25.2. The average molecular weight is 927 g/mol. The second kappa shape index (κ2) is 23.2. The van der Waals surface area contributed by atoms with Crippen LogP contribution in [-0.2, 0) is 25.1 Å². The molecular formula is C58H74ClN4O4+. The van der Waals surface area contributed by atoms with Crippen LogP contribution in [-0.4, -0.2) is 68.3 Å². The molecule has 2 aliphatic heterocycles. The first-order chi connectivity index (χ1) is 32.5. The number of amides is 2. The van der Waals surface area contributed by atoms with Gasteiger partial charge in [-0.1, -0.05) is 138 Å². The number of allylic oxidation sites excluding steroid dienone is 8. The molecule has 0 unspecified atom stereocenters. The lowest BCUT2D eigenvalue weighted by Gasteiger charge is -2.27. The quantitative estimate of drug-likeness (QED) is 0.0606. The van der Waals surface area contributed by atoms with E-state index in [2.05, 4.69) is 152 Å². The minimum Gasteiger partial charge on any atom is -0.448 e. The van der Waals surface area contributed by atoms with Gasteiger partial charge in [-0.25, -0.2) is 4.79 Å². The fraction of sp³-hybridized carbons (Fsp3) is 0.466. The van der Waals surface area contributed by atoms with Crippen LogP contribution in [0.25, 0.3) is 21.5 Å². The highest BCUT2D eigenvalue weighted by Gasteiger charge is 2.46. The van der Waals surface area contributed by atoms with Crippen LogP contribution >= 0.6 is 11.6 Å². The zero-order valence-electron chi connectivity index (χ0n) is 41.1. The molecule has 1 aliphatic carbocycles. The van der Waals surface area contributed by atoms with Gasteiger partial charge in [0.1, 0.15) is 13.2 Å². The highest BCUT2D eigenvalue weighted by Crippen LogP contribution is 2.51. The SMILES string of the molecule is CCCCCCOCC[N+]1=C(C=CC2=C(Cl)C(=CC=C3N(CCOC(=O)NCCCCCCNC(=O)CC)c4ccc5ccccc5c4C3(C)C)CCC2)C(C)(C)c2c1ccc1ccccc21. The van der Waals surface area contributed by atoms with Gasteiger partial charge in [-0.3, -0.25) is 4.79 Å². The van der Waals surface area contributed by atoms with Gasteiger partial charge >= 0.3 is 6.09 Å². The number of nitrogens with zero attached hydrogens (tertiary/aromatic N) is 2. The van der Waals surface area contributed by atoms with E-state index in [4.69, 9.17) is 21.1 Å². The molecule has 0 aromatic heterocycles. The lowest BCUT2D eigenvalue weighted by Crippen LogP contribution is -2.32. The molecule has 2 amide bonds. The second-order valence-electron chi connectivity index (χ2n) is 19.4. The smallest absolute Gasteiger partial charge is 0.407 e. The highest BCUT2D eigenvalue weighted by molar-refractivity contribution is 6.32. The van der Waals surface area contributed by atoms with E-state index in [0.29, 0.717) is 32.7 Å². The zero-order valence-corrected chi connectivity index (χ0v) is 41.8. The summed E-state index contributed by atoms with van der Waals surface area (Å²) in [5, 5.41) is 11.7. The van der Waals surface area contributed by atoms with Crippen LogP contribution in [0, 0.1) is 0 Å². The number of ether oxygens (including phenoxy) is 2. The van der Waals surface area contributed by atoms with Crippen molar-refractivity contribution in [1.82, 2.24) is 10.6 Å². The summed E-state index contributed by atoms with van der Waals surface area (Å²) in [7, 11) is 0. The Balaban J connectivity index is 1.10. The van der Waals surface area contributed by atoms with Gasteiger partial charge in [-0.05, 0) is 109 Å². The molecular weight excluding hydrogens is 852 g/mol. The van der Waals surface area contributed by atoms with Crippen molar-refractivity contribution < 1.29 is 23.6 Å². The minimum atomic E-state index is -0.398. The van der Waals surface area contributed by atoms with Crippen molar-refractivity contribution >= 4 is 62.2 Å². The average Bonchev–Trinajstić information content (AvgIpc) is 3.69. The van der Waals surface area contributed by atoms with Gasteiger partial charge in [-0.2, -0.15) is 4.58 Å². The number of nitrogens with one attached hydrogen (secondary N) is 2. The molecule has 0 saturated carbocycles. The number of carbonyl (C=O) groups is 2. The second-order valence-corrected chi connectivity index (χ2v) is 19.8. The standard InChI is InChI=1S/C58H73ClN4O4/c1-7-9-10-19-39-66-40-37-62-48-31-27-42-21-13-15-25-46(42)53(48)57(3,4)50(62)33-29-44-23-20-24-45(55(44)59)30-34-51-58(5,6)54-47-26-16-14-22-43(47)28-32-49(54)63(51)38-41-67-56(65)61-36-18-12-11-17-35-60-52(64)8-2/h13-16,21-22,25-34H,7-12,17-20,23-24,35-41H2,1-6H3,(H-,60,61,64,65)/p+1. The van der Waals surface area contributed by atoms with Crippen LogP contribution in [0.15, 0.2) is 119 Å². The van der Waals surface area contributed by atoms with Gasteiger partial charge in [0, 0.05) is 65.7 Å². The lowest BCUT2D eigenvalue weighted by molar-refractivity contribution is -0.442. The van der Waals surface area contributed by atoms with Crippen LogP contribution in [0.5, 0.6) is 0 Å². The van der Waals surface area contributed by atoms with E-state index in [9.17, 15) is 9.59 Å². The summed E-state index contributed by atoms with van der Waals surface area (Å²) in [6.07, 6.45) is 20.6. The molecule has 2 heterocycles. The number of anilines is 1. The predicted octanol–water partition coefficient (Wildman–Crippen LogP) is 13.6. The van der Waals surface area contributed by atoms with Crippen molar-refractivity contribution in [2.45, 2.75) is 129 Å². The van der Waals surface area contributed by atoms with Gasteiger partial charge in [0.25, 0.3) is 0 Å². The summed E-state index contributed by atoms with van der Waals surface area (Å²) >= 11 is 7.44. The van der Waals surface area contributed by atoms with Gasteiger partial charge in [0.05, 0.1) is 12.0 Å². The number of benzene rings is 4. The van der Waals surface area contributed by atoms with Crippen molar-refractivity contribution in [3.05, 3.63) is 130 Å². The number of rotatable bonds is 22. The van der Waals surface area contributed by atoms with E-state index in [0.717, 1.165) is 92.1 Å². The third-order valence-corrected chi connectivity index (χ3v) is 14.5. The number of carbonyl (C=O) groups excluding carboxylic acids is 2. The van der Waals surface area contributed by atoms with Crippen LogP contribution in [0.1, 0.15) is 130 Å². The maximum absolute atomic E-state index is 12.8. The fourth-order valence-corrected chi connectivity index (χ4v) is 10.8. The molecule has 0 saturated heterocycles. The van der Waals surface area contributed by atoms with Crippen molar-refractivity contribution in [3.63, 3.8) is 0 Å². The Morgan fingerprint density at radius 2 is 1.42 bits per heavy atom. The summed E-state index contributed by atoms with van der Waals surface area (Å²) in [4.78, 5) is 26.6. The van der Waals surface area contributed by atoms with Crippen LogP contribution in [0.2, 0.25) is 0 Å². The van der Waals surface area contributed by atoms with E-state index in [-0.39, 0.29) is 23.3 Å². The Hall–Kier alpha value is -5.18. The van der Waals surface area contributed by atoms with E-state index < -0.39 is 6.09 Å². The number of unbranched alkanes of at least 4 members (excludes halogenated alkanes) is 6. The molecule has 0 radical (unpaired) electrons. The summed E-state index contributed by atoms with van der Waals surface area (Å²) in [6, 6.07) is 26.3. The largest absolute Gasteiger partial charge is 0.448 e. The third-order valence-electron chi connectivity index (χ3n) is 14.0. The van der Waals surface area contributed by atoms with E-state index in [1.54, 1.807) is 0 Å². The van der Waals surface area contributed by atoms with Crippen molar-refractivity contribution in [1.29, 1.82) is 0 Å². The molecule has 356 valence electrons. The van der Waals surface area contributed by atoms with Gasteiger partial charge in [0.2, 0.25) is 11.6 Å². The van der Waals surface area contributed by atoms with Crippen LogP contribution < -0.4 is 15.5 Å². The Labute approximate surface area is 405 Å². The van der Waals surface area contributed by atoms with Crippen LogP contribution in [0.4, 0.5) is 16.2 Å². The van der Waals surface area contributed by atoms with Gasteiger partial charge < -0.3 is 25.0 Å². The Morgan fingerprint density at radius 1 is 0.731 bits per heavy atom. The van der Waals surface area contributed by atoms with Gasteiger partial charge in [-0.15, -0.1) is 0 Å². The van der Waals surface area contributed by atoms with E-state index >= 15 is 0 Å². The lowest BCUT2D eigenvalue weighted by atomic mass is 9.78. The van der Waals surface area contributed by atoms with Crippen molar-refractivity contribution in [2.24, 2.45) is 0 Å². The predicted molar refractivity (Wildman–Crippen MR) is 279 cm³/mol. The molecule has 8 nitrogen and oxygen atoms in total. The molecule has 2 N–H and O–H groups in total. The van der Waals surface area contributed by atoms with Crippen molar-refractivity contribution in [3.8, 4) is 0 Å². The maximum Gasteiger partial charge on any atom is 0.407 e. The molecule has 0 bridgehead atoms. The number of alkyl carbamates (subject to hydrolysis) is 1. The first-order valence-corrected chi connectivity index (χ1v) is 25.6. The molecule has 3 aliphatic rings. The Bertz CT molecular complexity index is 2560. The minimum absolute atomic E-state index is 0.0862. The fourth-order valence-electron chi connectivity index (χ4n) is 10.4. The molecule has 67 heavy (non-hydrogen) atoms. The highest BCUT2D eigenvalue weighted by atomic mass is 35.5.